The predicted molar refractivity (Wildman–Crippen MR) is 61.4 cm³/mol. The van der Waals surface area contributed by atoms with Crippen molar-refractivity contribution in [3.05, 3.63) is 17.8 Å². The largest absolute Gasteiger partial charge is 0.477 e. The molecule has 0 aromatic carbocycles. The minimum Gasteiger partial charge on any atom is -0.477 e. The van der Waals surface area contributed by atoms with E-state index in [9.17, 15) is 13.2 Å². The molecule has 1 aromatic rings. The number of rotatable bonds is 5. The van der Waals surface area contributed by atoms with Crippen LogP contribution in [0.4, 0.5) is 13.2 Å². The summed E-state index contributed by atoms with van der Waals surface area (Å²) in [6, 6.07) is 0.987. The summed E-state index contributed by atoms with van der Waals surface area (Å²) >= 11 is 1.13. The Labute approximate surface area is 103 Å². The maximum atomic E-state index is 12.8. The van der Waals surface area contributed by atoms with Crippen molar-refractivity contribution in [2.75, 3.05) is 12.4 Å². The van der Waals surface area contributed by atoms with Crippen molar-refractivity contribution >= 4 is 11.8 Å². The van der Waals surface area contributed by atoms with Gasteiger partial charge in [-0.05, 0) is 25.2 Å². The number of nitrogens with zero attached hydrogens (tertiary/aromatic N) is 1. The first kappa shape index (κ1) is 14.2. The number of thioether (sulfide) groups is 1. The summed E-state index contributed by atoms with van der Waals surface area (Å²) in [4.78, 5) is 3.94. The number of hydrogen-bond donors (Lipinski definition) is 0. The normalized spacial score (nSPS) is 11.6. The van der Waals surface area contributed by atoms with Gasteiger partial charge in [0.2, 0.25) is 5.88 Å². The van der Waals surface area contributed by atoms with Crippen molar-refractivity contribution in [1.29, 1.82) is 0 Å². The molecule has 0 N–H and O–H groups in total. The van der Waals surface area contributed by atoms with Gasteiger partial charge in [0.15, 0.2) is 0 Å². The standard InChI is InChI=1S/C11H14F3NOS/c1-3-7-17-9-8(11(12,13)14)5-6-15-10(9)16-4-2/h5-6H,3-4,7H2,1-2H3. The topological polar surface area (TPSA) is 22.1 Å². The lowest BCUT2D eigenvalue weighted by atomic mass is 10.2. The number of pyridine rings is 1. The molecule has 0 amide bonds. The number of alkyl halides is 3. The summed E-state index contributed by atoms with van der Waals surface area (Å²) in [7, 11) is 0. The van der Waals surface area contributed by atoms with Crippen molar-refractivity contribution in [2.45, 2.75) is 31.3 Å². The van der Waals surface area contributed by atoms with Gasteiger partial charge in [0.05, 0.1) is 17.1 Å². The zero-order chi connectivity index (χ0) is 12.9. The van der Waals surface area contributed by atoms with Crippen molar-refractivity contribution < 1.29 is 17.9 Å². The highest BCUT2D eigenvalue weighted by molar-refractivity contribution is 7.99. The molecule has 1 aromatic heterocycles. The molecule has 6 heteroatoms. The van der Waals surface area contributed by atoms with Crippen LogP contribution in [-0.4, -0.2) is 17.3 Å². The van der Waals surface area contributed by atoms with E-state index in [-0.39, 0.29) is 10.8 Å². The summed E-state index contributed by atoms with van der Waals surface area (Å²) in [5, 5.41) is 0. The van der Waals surface area contributed by atoms with Crippen LogP contribution in [0, 0.1) is 0 Å². The molecule has 0 unspecified atom stereocenters. The van der Waals surface area contributed by atoms with Crippen LogP contribution in [0.25, 0.3) is 0 Å². The zero-order valence-corrected chi connectivity index (χ0v) is 10.5. The van der Waals surface area contributed by atoms with Gasteiger partial charge in [-0.2, -0.15) is 13.2 Å². The number of aromatic nitrogens is 1. The molecule has 0 atom stereocenters. The Morgan fingerprint density at radius 2 is 2.06 bits per heavy atom. The summed E-state index contributed by atoms with van der Waals surface area (Å²) in [5.41, 5.74) is -0.672. The van der Waals surface area contributed by atoms with Crippen LogP contribution >= 0.6 is 11.8 Å². The van der Waals surface area contributed by atoms with Gasteiger partial charge in [0.1, 0.15) is 0 Å². The van der Waals surface area contributed by atoms with Crippen LogP contribution in [0.2, 0.25) is 0 Å². The maximum Gasteiger partial charge on any atom is 0.417 e. The predicted octanol–water partition coefficient (Wildman–Crippen LogP) is 4.00. The first-order valence-electron chi connectivity index (χ1n) is 5.32. The minimum atomic E-state index is -4.37. The van der Waals surface area contributed by atoms with E-state index in [1.807, 2.05) is 6.92 Å². The molecule has 0 aliphatic heterocycles. The van der Waals surface area contributed by atoms with E-state index in [0.717, 1.165) is 30.4 Å². The average molecular weight is 265 g/mol. The fourth-order valence-electron chi connectivity index (χ4n) is 1.24. The molecular weight excluding hydrogens is 251 g/mol. The Bertz CT molecular complexity index is 368. The lowest BCUT2D eigenvalue weighted by molar-refractivity contribution is -0.140. The van der Waals surface area contributed by atoms with Crippen LogP contribution in [0.15, 0.2) is 17.2 Å². The average Bonchev–Trinajstić information content (AvgIpc) is 2.26. The van der Waals surface area contributed by atoms with Gasteiger partial charge in [-0.1, -0.05) is 6.92 Å². The number of halogens is 3. The summed E-state index contributed by atoms with van der Waals surface area (Å²) in [5.74, 6) is 0.676. The first-order chi connectivity index (χ1) is 8.00. The Hall–Kier alpha value is -0.910. The molecule has 96 valence electrons. The molecule has 0 aliphatic rings. The minimum absolute atomic E-state index is 0.0702. The van der Waals surface area contributed by atoms with Crippen molar-refractivity contribution in [2.24, 2.45) is 0 Å². The molecule has 2 nitrogen and oxygen atoms in total. The van der Waals surface area contributed by atoms with Gasteiger partial charge in [0.25, 0.3) is 0 Å². The van der Waals surface area contributed by atoms with Gasteiger partial charge in [-0.3, -0.25) is 0 Å². The highest BCUT2D eigenvalue weighted by Gasteiger charge is 2.35. The van der Waals surface area contributed by atoms with Crippen LogP contribution in [0.1, 0.15) is 25.8 Å². The Morgan fingerprint density at radius 3 is 2.59 bits per heavy atom. The van der Waals surface area contributed by atoms with E-state index in [4.69, 9.17) is 4.74 Å². The highest BCUT2D eigenvalue weighted by atomic mass is 32.2. The molecule has 0 aliphatic carbocycles. The van der Waals surface area contributed by atoms with E-state index in [2.05, 4.69) is 4.98 Å². The lowest BCUT2D eigenvalue weighted by Crippen LogP contribution is -2.09. The fraction of sp³-hybridized carbons (Fsp3) is 0.545. The monoisotopic (exact) mass is 265 g/mol. The van der Waals surface area contributed by atoms with Gasteiger partial charge in [-0.15, -0.1) is 11.8 Å². The van der Waals surface area contributed by atoms with Crippen molar-refractivity contribution in [3.8, 4) is 5.88 Å². The molecule has 0 fully saturated rings. The van der Waals surface area contributed by atoms with Crippen LogP contribution < -0.4 is 4.74 Å². The molecule has 1 rings (SSSR count). The van der Waals surface area contributed by atoms with E-state index in [1.165, 1.54) is 0 Å². The molecule has 1 heterocycles. The van der Waals surface area contributed by atoms with Crippen molar-refractivity contribution in [3.63, 3.8) is 0 Å². The lowest BCUT2D eigenvalue weighted by Gasteiger charge is -2.15. The van der Waals surface area contributed by atoms with Crippen LogP contribution in [-0.2, 0) is 6.18 Å². The number of ether oxygens (including phenoxy) is 1. The SMILES string of the molecule is CCCSc1c(C(F)(F)F)ccnc1OCC. The third-order valence-electron chi connectivity index (χ3n) is 1.91. The molecule has 0 saturated carbocycles. The quantitative estimate of drug-likeness (QED) is 0.751. The molecule has 0 spiro atoms. The second-order valence-corrected chi connectivity index (χ2v) is 4.38. The van der Waals surface area contributed by atoms with Gasteiger partial charge in [-0.25, -0.2) is 4.98 Å². The summed E-state index contributed by atoms with van der Waals surface area (Å²) in [6.45, 7) is 3.93. The first-order valence-corrected chi connectivity index (χ1v) is 6.31. The second-order valence-electron chi connectivity index (χ2n) is 3.27. The van der Waals surface area contributed by atoms with Gasteiger partial charge < -0.3 is 4.74 Å². The molecule has 0 radical (unpaired) electrons. The van der Waals surface area contributed by atoms with E-state index in [0.29, 0.717) is 12.4 Å². The van der Waals surface area contributed by atoms with Crippen LogP contribution in [0.3, 0.4) is 0 Å². The number of hydrogen-bond acceptors (Lipinski definition) is 3. The second kappa shape index (κ2) is 6.14. The smallest absolute Gasteiger partial charge is 0.417 e. The van der Waals surface area contributed by atoms with Gasteiger partial charge in [0, 0.05) is 6.20 Å². The van der Waals surface area contributed by atoms with Gasteiger partial charge >= 0.3 is 6.18 Å². The molecule has 0 saturated heterocycles. The third kappa shape index (κ3) is 3.80. The highest BCUT2D eigenvalue weighted by Crippen LogP contribution is 2.40. The Morgan fingerprint density at radius 1 is 1.35 bits per heavy atom. The third-order valence-corrected chi connectivity index (χ3v) is 3.20. The van der Waals surface area contributed by atoms with E-state index >= 15 is 0 Å². The fourth-order valence-corrected chi connectivity index (χ4v) is 2.22. The molecule has 17 heavy (non-hydrogen) atoms. The summed E-state index contributed by atoms with van der Waals surface area (Å²) < 4.78 is 43.5. The van der Waals surface area contributed by atoms with Crippen molar-refractivity contribution in [1.82, 2.24) is 4.98 Å². The van der Waals surface area contributed by atoms with E-state index < -0.39 is 11.7 Å². The molecule has 0 bridgehead atoms. The molecular formula is C11H14F3NOS. The summed E-state index contributed by atoms with van der Waals surface area (Å²) in [6.07, 6.45) is -2.45. The Balaban J connectivity index is 3.14. The van der Waals surface area contributed by atoms with Crippen LogP contribution in [0.5, 0.6) is 5.88 Å². The zero-order valence-electron chi connectivity index (χ0n) is 9.67. The Kier molecular flexibility index (Phi) is 5.11. The maximum absolute atomic E-state index is 12.8. The van der Waals surface area contributed by atoms with E-state index in [1.54, 1.807) is 6.92 Å².